The number of esters is 1. The molecule has 0 aliphatic carbocycles. The average molecular weight is 317 g/mol. The Hall–Kier alpha value is -3.09. The summed E-state index contributed by atoms with van der Waals surface area (Å²) in [5.74, 6) is -0.140. The van der Waals surface area contributed by atoms with E-state index in [1.807, 2.05) is 0 Å². The van der Waals surface area contributed by atoms with Crippen LogP contribution in [0.3, 0.4) is 0 Å². The van der Waals surface area contributed by atoms with Crippen molar-refractivity contribution in [1.29, 1.82) is 0 Å². The molecule has 0 heterocycles. The predicted octanol–water partition coefficient (Wildman–Crippen LogP) is 3.22. The van der Waals surface area contributed by atoms with Gasteiger partial charge in [0.1, 0.15) is 11.3 Å². The quantitative estimate of drug-likeness (QED) is 0.352. The molecule has 120 valence electrons. The van der Waals surface area contributed by atoms with E-state index in [4.69, 9.17) is 14.2 Å². The molecule has 2 aromatic carbocycles. The number of hydrogen-bond donors (Lipinski definition) is 0. The second-order valence-electron chi connectivity index (χ2n) is 4.41. The Balaban J connectivity index is 2.43. The highest BCUT2D eigenvalue weighted by molar-refractivity contribution is 5.96. The van der Waals surface area contributed by atoms with Crippen LogP contribution in [0.2, 0.25) is 0 Å². The van der Waals surface area contributed by atoms with Crippen molar-refractivity contribution < 1.29 is 23.9 Å². The number of nitro benzene ring substituents is 1. The molecule has 2 rings (SSSR count). The van der Waals surface area contributed by atoms with Gasteiger partial charge in [-0.2, -0.15) is 0 Å². The van der Waals surface area contributed by atoms with Crippen LogP contribution in [0.25, 0.3) is 0 Å². The van der Waals surface area contributed by atoms with E-state index >= 15 is 0 Å². The first-order chi connectivity index (χ1) is 11.1. The van der Waals surface area contributed by atoms with Gasteiger partial charge in [-0.25, -0.2) is 4.79 Å². The van der Waals surface area contributed by atoms with Crippen LogP contribution >= 0.6 is 0 Å². The van der Waals surface area contributed by atoms with Gasteiger partial charge in [0.2, 0.25) is 0 Å². The lowest BCUT2D eigenvalue weighted by atomic mass is 10.1. The van der Waals surface area contributed by atoms with E-state index in [1.54, 1.807) is 37.3 Å². The Morgan fingerprint density at radius 2 is 1.87 bits per heavy atom. The van der Waals surface area contributed by atoms with Crippen molar-refractivity contribution in [1.82, 2.24) is 0 Å². The number of methoxy groups -OCH3 is 1. The molecule has 0 aromatic heterocycles. The van der Waals surface area contributed by atoms with Crippen molar-refractivity contribution >= 4 is 11.7 Å². The third kappa shape index (κ3) is 3.76. The number of rotatable bonds is 6. The van der Waals surface area contributed by atoms with Gasteiger partial charge in [0.05, 0.1) is 24.7 Å². The minimum absolute atomic E-state index is 0.193. The normalized spacial score (nSPS) is 10.0. The molecule has 7 nitrogen and oxygen atoms in total. The number of carbonyl (C=O) groups excluding carboxylic acids is 1. The van der Waals surface area contributed by atoms with Crippen LogP contribution in [0.5, 0.6) is 17.2 Å². The van der Waals surface area contributed by atoms with Crippen molar-refractivity contribution in [2.24, 2.45) is 0 Å². The van der Waals surface area contributed by atoms with Gasteiger partial charge in [0, 0.05) is 6.07 Å². The smallest absolute Gasteiger partial charge is 0.350 e. The maximum absolute atomic E-state index is 12.3. The average Bonchev–Trinajstić information content (AvgIpc) is 2.55. The number of nitrogens with zero attached hydrogens (tertiary/aromatic N) is 1. The molecule has 2 aromatic rings. The molecule has 0 amide bonds. The topological polar surface area (TPSA) is 87.9 Å². The summed E-state index contributed by atoms with van der Waals surface area (Å²) in [5, 5.41) is 11.2. The van der Waals surface area contributed by atoms with Crippen LogP contribution in [0, 0.1) is 10.1 Å². The molecule has 23 heavy (non-hydrogen) atoms. The largest absolute Gasteiger partial charge is 0.493 e. The zero-order valence-corrected chi connectivity index (χ0v) is 12.6. The molecule has 0 aliphatic rings. The number of para-hydroxylation sites is 1. The van der Waals surface area contributed by atoms with E-state index in [9.17, 15) is 14.9 Å². The summed E-state index contributed by atoms with van der Waals surface area (Å²) >= 11 is 0. The highest BCUT2D eigenvalue weighted by atomic mass is 16.6. The van der Waals surface area contributed by atoms with Crippen molar-refractivity contribution in [3.63, 3.8) is 0 Å². The molecule has 0 saturated heterocycles. The van der Waals surface area contributed by atoms with Gasteiger partial charge < -0.3 is 14.2 Å². The van der Waals surface area contributed by atoms with Gasteiger partial charge in [-0.3, -0.25) is 10.1 Å². The lowest BCUT2D eigenvalue weighted by Gasteiger charge is -2.11. The number of ether oxygens (including phenoxy) is 3. The first-order valence-electron chi connectivity index (χ1n) is 6.83. The zero-order valence-electron chi connectivity index (χ0n) is 12.6. The van der Waals surface area contributed by atoms with Gasteiger partial charge in [0.15, 0.2) is 11.5 Å². The van der Waals surface area contributed by atoms with Crippen LogP contribution in [0.15, 0.2) is 42.5 Å². The number of nitro groups is 1. The van der Waals surface area contributed by atoms with Gasteiger partial charge in [-0.15, -0.1) is 0 Å². The molecule has 0 radical (unpaired) electrons. The summed E-state index contributed by atoms with van der Waals surface area (Å²) in [6.07, 6.45) is 0. The van der Waals surface area contributed by atoms with E-state index in [2.05, 4.69) is 0 Å². The molecule has 0 unspecified atom stereocenters. The summed E-state index contributed by atoms with van der Waals surface area (Å²) in [7, 11) is 1.38. The fraction of sp³-hybridized carbons (Fsp3) is 0.188. The third-order valence-corrected chi connectivity index (χ3v) is 2.95. The van der Waals surface area contributed by atoms with Gasteiger partial charge >= 0.3 is 5.97 Å². The molecular formula is C16H15NO6. The molecule has 0 N–H and O–H groups in total. The van der Waals surface area contributed by atoms with Crippen LogP contribution in [0.1, 0.15) is 17.3 Å². The third-order valence-electron chi connectivity index (χ3n) is 2.95. The Morgan fingerprint density at radius 3 is 2.43 bits per heavy atom. The van der Waals surface area contributed by atoms with E-state index in [0.29, 0.717) is 12.4 Å². The van der Waals surface area contributed by atoms with Crippen molar-refractivity contribution in [3.8, 4) is 17.2 Å². The fourth-order valence-electron chi connectivity index (χ4n) is 1.94. The Morgan fingerprint density at radius 1 is 1.17 bits per heavy atom. The fourth-order valence-corrected chi connectivity index (χ4v) is 1.94. The first kappa shape index (κ1) is 16.3. The standard InChI is InChI=1S/C16H15NO6/c1-3-22-15-10-13(17(19)20)12(9-14(15)21-2)16(18)23-11-7-5-4-6-8-11/h4-10H,3H2,1-2H3. The van der Waals surface area contributed by atoms with E-state index < -0.39 is 16.6 Å². The van der Waals surface area contributed by atoms with E-state index in [0.717, 1.165) is 6.07 Å². The zero-order chi connectivity index (χ0) is 16.8. The number of carbonyl (C=O) groups is 1. The lowest BCUT2D eigenvalue weighted by molar-refractivity contribution is -0.385. The molecule has 0 saturated carbocycles. The van der Waals surface area contributed by atoms with Crippen molar-refractivity contribution in [2.45, 2.75) is 6.92 Å². The second kappa shape index (κ2) is 7.26. The highest BCUT2D eigenvalue weighted by Crippen LogP contribution is 2.35. The monoisotopic (exact) mass is 317 g/mol. The summed E-state index contributed by atoms with van der Waals surface area (Å²) in [6, 6.07) is 10.7. The highest BCUT2D eigenvalue weighted by Gasteiger charge is 2.26. The molecule has 0 atom stereocenters. The maximum Gasteiger partial charge on any atom is 0.350 e. The van der Waals surface area contributed by atoms with E-state index in [-0.39, 0.29) is 17.1 Å². The Labute approximate surface area is 132 Å². The number of hydrogen-bond acceptors (Lipinski definition) is 6. The second-order valence-corrected chi connectivity index (χ2v) is 4.41. The SMILES string of the molecule is CCOc1cc([N+](=O)[O-])c(C(=O)Oc2ccccc2)cc1OC. The summed E-state index contributed by atoms with van der Waals surface area (Å²) in [5.41, 5.74) is -0.616. The van der Waals surface area contributed by atoms with Crippen LogP contribution < -0.4 is 14.2 Å². The lowest BCUT2D eigenvalue weighted by Crippen LogP contribution is -2.12. The molecule has 7 heteroatoms. The minimum Gasteiger partial charge on any atom is -0.493 e. The molecule has 0 fully saturated rings. The molecule has 0 aliphatic heterocycles. The molecule has 0 bridgehead atoms. The van der Waals surface area contributed by atoms with Crippen molar-refractivity contribution in [3.05, 3.63) is 58.1 Å². The summed E-state index contributed by atoms with van der Waals surface area (Å²) < 4.78 is 15.6. The molecular weight excluding hydrogens is 302 g/mol. The van der Waals surface area contributed by atoms with Crippen molar-refractivity contribution in [2.75, 3.05) is 13.7 Å². The summed E-state index contributed by atoms with van der Waals surface area (Å²) in [6.45, 7) is 2.05. The number of benzene rings is 2. The van der Waals surface area contributed by atoms with Gasteiger partial charge in [-0.05, 0) is 19.1 Å². The first-order valence-corrected chi connectivity index (χ1v) is 6.83. The summed E-state index contributed by atoms with van der Waals surface area (Å²) in [4.78, 5) is 22.8. The van der Waals surface area contributed by atoms with Crippen LogP contribution in [0.4, 0.5) is 5.69 Å². The minimum atomic E-state index is -0.843. The van der Waals surface area contributed by atoms with Crippen LogP contribution in [-0.2, 0) is 0 Å². The maximum atomic E-state index is 12.3. The van der Waals surface area contributed by atoms with E-state index in [1.165, 1.54) is 13.2 Å². The van der Waals surface area contributed by atoms with Crippen LogP contribution in [-0.4, -0.2) is 24.6 Å². The van der Waals surface area contributed by atoms with Gasteiger partial charge in [0.25, 0.3) is 5.69 Å². The Bertz CT molecular complexity index is 714. The Kier molecular flexibility index (Phi) is 5.14. The molecule has 0 spiro atoms. The van der Waals surface area contributed by atoms with Gasteiger partial charge in [-0.1, -0.05) is 18.2 Å². The predicted molar refractivity (Wildman–Crippen MR) is 82.2 cm³/mol.